The van der Waals surface area contributed by atoms with Crippen LogP contribution >= 0.6 is 0 Å². The van der Waals surface area contributed by atoms with E-state index in [4.69, 9.17) is 4.74 Å². The summed E-state index contributed by atoms with van der Waals surface area (Å²) in [6.07, 6.45) is 2.27. The van der Waals surface area contributed by atoms with E-state index in [-0.39, 0.29) is 17.4 Å². The van der Waals surface area contributed by atoms with Crippen molar-refractivity contribution in [1.82, 2.24) is 10.2 Å². The van der Waals surface area contributed by atoms with Gasteiger partial charge in [-0.3, -0.25) is 9.59 Å². The average Bonchev–Trinajstić information content (AvgIpc) is 2.76. The van der Waals surface area contributed by atoms with Crippen LogP contribution in [0.3, 0.4) is 0 Å². The van der Waals surface area contributed by atoms with Gasteiger partial charge >= 0.3 is 6.09 Å². The van der Waals surface area contributed by atoms with Gasteiger partial charge in [-0.1, -0.05) is 0 Å². The lowest BCUT2D eigenvalue weighted by molar-refractivity contribution is -0.129. The molecule has 2 fully saturated rings. The van der Waals surface area contributed by atoms with Gasteiger partial charge in [0.05, 0.1) is 0 Å². The topological polar surface area (TPSA) is 75.7 Å². The van der Waals surface area contributed by atoms with Crippen LogP contribution in [0.1, 0.15) is 74.1 Å². The molecule has 0 aromatic carbocycles. The summed E-state index contributed by atoms with van der Waals surface area (Å²) in [5.74, 6) is 0.0456. The minimum atomic E-state index is -0.559. The Hall–Kier alpha value is -1.59. The van der Waals surface area contributed by atoms with Crippen LogP contribution in [0, 0.1) is 0 Å². The van der Waals surface area contributed by atoms with Crippen LogP contribution in [0.25, 0.3) is 0 Å². The number of likely N-dealkylation sites (tertiary alicyclic amines) is 1. The molecule has 1 N–H and O–H groups in total. The number of nitrogens with one attached hydrogen (secondary N) is 1. The van der Waals surface area contributed by atoms with Crippen molar-refractivity contribution in [2.75, 3.05) is 0 Å². The summed E-state index contributed by atoms with van der Waals surface area (Å²) < 4.78 is 5.19. The van der Waals surface area contributed by atoms with Crippen molar-refractivity contribution in [2.45, 2.75) is 90.8 Å². The molecule has 0 radical (unpaired) electrons. The van der Waals surface area contributed by atoms with Crippen LogP contribution in [0.15, 0.2) is 0 Å². The molecule has 0 spiro atoms. The Morgan fingerprint density at radius 1 is 1.09 bits per heavy atom. The fourth-order valence-electron chi connectivity index (χ4n) is 2.56. The Bertz CT molecular complexity index is 489. The number of hydrogen-bond donors (Lipinski definition) is 1. The standard InChI is InChI=1S/C11H19NO3.C6H11NO/c1-10(2,3)15-9(14)12-8(13)6-7-11(12,4)5;1-6(2)4-3-5(8)7-6/h6-7H2,1-5H3;3-4H2,1-2H3,(H,7,8). The van der Waals surface area contributed by atoms with E-state index in [0.29, 0.717) is 19.3 Å². The van der Waals surface area contributed by atoms with E-state index >= 15 is 0 Å². The monoisotopic (exact) mass is 326 g/mol. The molecule has 2 rings (SSSR count). The number of amides is 3. The fraction of sp³-hybridized carbons (Fsp3) is 0.824. The minimum Gasteiger partial charge on any atom is -0.443 e. The van der Waals surface area contributed by atoms with Gasteiger partial charge in [0.1, 0.15) is 5.60 Å². The molecule has 0 atom stereocenters. The molecule has 23 heavy (non-hydrogen) atoms. The predicted molar refractivity (Wildman–Crippen MR) is 87.8 cm³/mol. The van der Waals surface area contributed by atoms with Crippen molar-refractivity contribution >= 4 is 17.9 Å². The zero-order valence-corrected chi connectivity index (χ0v) is 15.4. The first-order valence-electron chi connectivity index (χ1n) is 8.11. The number of hydrogen-bond acceptors (Lipinski definition) is 4. The smallest absolute Gasteiger partial charge is 0.417 e. The Morgan fingerprint density at radius 3 is 1.91 bits per heavy atom. The van der Waals surface area contributed by atoms with Crippen molar-refractivity contribution in [1.29, 1.82) is 0 Å². The van der Waals surface area contributed by atoms with Crippen LogP contribution in [-0.2, 0) is 14.3 Å². The minimum absolute atomic E-state index is 0.0666. The first-order valence-corrected chi connectivity index (χ1v) is 8.11. The molecule has 0 unspecified atom stereocenters. The van der Waals surface area contributed by atoms with Crippen LogP contribution in [0.5, 0.6) is 0 Å². The van der Waals surface area contributed by atoms with Gasteiger partial charge in [-0.15, -0.1) is 0 Å². The van der Waals surface area contributed by atoms with Crippen LogP contribution in [-0.4, -0.2) is 39.5 Å². The Labute approximate surface area is 138 Å². The third kappa shape index (κ3) is 5.84. The zero-order chi connectivity index (χ0) is 18.1. The second-order valence-electron chi connectivity index (χ2n) is 8.45. The normalized spacial score (nSPS) is 22.3. The third-order valence-electron chi connectivity index (χ3n) is 3.84. The maximum Gasteiger partial charge on any atom is 0.417 e. The molecule has 0 aliphatic carbocycles. The zero-order valence-electron chi connectivity index (χ0n) is 15.4. The summed E-state index contributed by atoms with van der Waals surface area (Å²) in [6.45, 7) is 13.2. The highest BCUT2D eigenvalue weighted by atomic mass is 16.6. The molecule has 6 heteroatoms. The average molecular weight is 326 g/mol. The van der Waals surface area contributed by atoms with Crippen LogP contribution in [0.2, 0.25) is 0 Å². The van der Waals surface area contributed by atoms with E-state index in [1.807, 2.05) is 27.7 Å². The molecule has 2 aliphatic heterocycles. The molecule has 2 aliphatic rings. The second-order valence-corrected chi connectivity index (χ2v) is 8.45. The van der Waals surface area contributed by atoms with E-state index < -0.39 is 17.2 Å². The Kier molecular flexibility index (Phi) is 5.49. The highest BCUT2D eigenvalue weighted by Gasteiger charge is 2.43. The first-order chi connectivity index (χ1) is 10.2. The van der Waals surface area contributed by atoms with Crippen LogP contribution < -0.4 is 5.32 Å². The van der Waals surface area contributed by atoms with Crippen molar-refractivity contribution < 1.29 is 19.1 Å². The molecule has 0 saturated carbocycles. The number of imide groups is 1. The molecule has 3 amide bonds. The van der Waals surface area contributed by atoms with E-state index in [2.05, 4.69) is 5.32 Å². The van der Waals surface area contributed by atoms with Gasteiger partial charge in [-0.25, -0.2) is 9.69 Å². The third-order valence-corrected chi connectivity index (χ3v) is 3.84. The summed E-state index contributed by atoms with van der Waals surface area (Å²) in [7, 11) is 0. The summed E-state index contributed by atoms with van der Waals surface area (Å²) >= 11 is 0. The summed E-state index contributed by atoms with van der Waals surface area (Å²) in [4.78, 5) is 35.1. The summed E-state index contributed by atoms with van der Waals surface area (Å²) in [5.41, 5.74) is -0.910. The van der Waals surface area contributed by atoms with Gasteiger partial charge in [-0.2, -0.15) is 0 Å². The Morgan fingerprint density at radius 2 is 1.65 bits per heavy atom. The Balaban J connectivity index is 0.000000277. The van der Waals surface area contributed by atoms with Gasteiger partial charge in [0.15, 0.2) is 0 Å². The fourth-order valence-corrected chi connectivity index (χ4v) is 2.56. The van der Waals surface area contributed by atoms with Crippen molar-refractivity contribution in [2.24, 2.45) is 0 Å². The largest absolute Gasteiger partial charge is 0.443 e. The molecule has 2 heterocycles. The van der Waals surface area contributed by atoms with Gasteiger partial charge < -0.3 is 10.1 Å². The van der Waals surface area contributed by atoms with Crippen molar-refractivity contribution in [3.05, 3.63) is 0 Å². The molecule has 0 aromatic rings. The maximum absolute atomic E-state index is 11.8. The quantitative estimate of drug-likeness (QED) is 0.742. The second kappa shape index (κ2) is 6.49. The summed E-state index contributed by atoms with van der Waals surface area (Å²) in [6, 6.07) is 0. The molecule has 132 valence electrons. The van der Waals surface area contributed by atoms with E-state index in [0.717, 1.165) is 6.42 Å². The lowest BCUT2D eigenvalue weighted by atomic mass is 10.0. The lowest BCUT2D eigenvalue weighted by Crippen LogP contribution is -2.47. The van der Waals surface area contributed by atoms with Gasteiger partial charge in [0.2, 0.25) is 11.8 Å². The summed E-state index contributed by atoms with van der Waals surface area (Å²) in [5, 5.41) is 2.85. The number of carbonyl (C=O) groups is 3. The van der Waals surface area contributed by atoms with Crippen molar-refractivity contribution in [3.8, 4) is 0 Å². The van der Waals surface area contributed by atoms with Gasteiger partial charge in [0.25, 0.3) is 0 Å². The first kappa shape index (κ1) is 19.5. The number of ether oxygens (including phenoxy) is 1. The lowest BCUT2D eigenvalue weighted by Gasteiger charge is -2.31. The SMILES string of the molecule is CC(C)(C)OC(=O)N1C(=O)CCC1(C)C.CC1(C)CCC(=O)N1. The van der Waals surface area contributed by atoms with E-state index in [1.165, 1.54) is 4.90 Å². The highest BCUT2D eigenvalue weighted by molar-refractivity contribution is 5.94. The number of nitrogens with zero attached hydrogens (tertiary/aromatic N) is 1. The van der Waals surface area contributed by atoms with Crippen molar-refractivity contribution in [3.63, 3.8) is 0 Å². The number of rotatable bonds is 0. The molecule has 6 nitrogen and oxygen atoms in total. The predicted octanol–water partition coefficient (Wildman–Crippen LogP) is 3.00. The van der Waals surface area contributed by atoms with Gasteiger partial charge in [0, 0.05) is 23.9 Å². The van der Waals surface area contributed by atoms with Gasteiger partial charge in [-0.05, 0) is 61.3 Å². The molecule has 2 saturated heterocycles. The number of carbonyl (C=O) groups excluding carboxylic acids is 3. The molecular formula is C17H30N2O4. The molecular weight excluding hydrogens is 296 g/mol. The molecule has 0 bridgehead atoms. The van der Waals surface area contributed by atoms with Crippen LogP contribution in [0.4, 0.5) is 4.79 Å². The van der Waals surface area contributed by atoms with E-state index in [9.17, 15) is 14.4 Å². The highest BCUT2D eigenvalue weighted by Crippen LogP contribution is 2.30. The maximum atomic E-state index is 11.8. The molecule has 0 aromatic heterocycles. The van der Waals surface area contributed by atoms with E-state index in [1.54, 1.807) is 20.8 Å².